The summed E-state index contributed by atoms with van der Waals surface area (Å²) in [6.07, 6.45) is 10.1. The molecule has 1 N–H and O–H groups in total. The summed E-state index contributed by atoms with van der Waals surface area (Å²) in [4.78, 5) is 17.7. The molecule has 3 aliphatic rings. The van der Waals surface area contributed by atoms with Crippen molar-refractivity contribution in [1.82, 2.24) is 29.6 Å². The Hall–Kier alpha value is -2.92. The van der Waals surface area contributed by atoms with E-state index in [0.717, 1.165) is 54.0 Å². The van der Waals surface area contributed by atoms with E-state index < -0.39 is 0 Å². The minimum absolute atomic E-state index is 0.268. The number of rotatable bonds is 3. The van der Waals surface area contributed by atoms with Crippen LogP contribution in [0, 0.1) is 17.2 Å². The van der Waals surface area contributed by atoms with E-state index in [1.807, 2.05) is 24.1 Å². The summed E-state index contributed by atoms with van der Waals surface area (Å²) in [7, 11) is 1.92. The highest BCUT2D eigenvalue weighted by molar-refractivity contribution is 5.91. The van der Waals surface area contributed by atoms with Crippen LogP contribution in [0.5, 0.6) is 0 Å². The molecule has 6 rings (SSSR count). The van der Waals surface area contributed by atoms with E-state index >= 15 is 0 Å². The maximum absolute atomic E-state index is 9.13. The number of H-pyrrole nitrogens is 1. The van der Waals surface area contributed by atoms with Crippen LogP contribution in [0.25, 0.3) is 22.3 Å². The van der Waals surface area contributed by atoms with Gasteiger partial charge in [0.2, 0.25) is 0 Å². The van der Waals surface area contributed by atoms with Crippen molar-refractivity contribution < 1.29 is 0 Å². The zero-order valence-electron chi connectivity index (χ0n) is 16.5. The number of aromatic amines is 1. The Kier molecular flexibility index (Phi) is 3.68. The molecular formula is C21H24N8. The molecule has 8 heteroatoms. The molecule has 2 bridgehead atoms. The number of nitrogens with one attached hydrogen (secondary N) is 1. The Morgan fingerprint density at radius 2 is 1.93 bits per heavy atom. The second kappa shape index (κ2) is 6.29. The van der Waals surface area contributed by atoms with E-state index in [1.165, 1.54) is 12.8 Å². The van der Waals surface area contributed by atoms with Gasteiger partial charge >= 0.3 is 0 Å². The molecule has 0 amide bonds. The molecule has 2 saturated heterocycles. The lowest BCUT2D eigenvalue weighted by Crippen LogP contribution is -2.60. The van der Waals surface area contributed by atoms with Gasteiger partial charge < -0.3 is 9.88 Å². The summed E-state index contributed by atoms with van der Waals surface area (Å²) in [6.45, 7) is 2.01. The number of hydrogen-bond donors (Lipinski definition) is 1. The number of hydrogen-bond acceptors (Lipinski definition) is 6. The van der Waals surface area contributed by atoms with Crippen molar-refractivity contribution >= 4 is 16.9 Å². The summed E-state index contributed by atoms with van der Waals surface area (Å²) in [5.41, 5.74) is 2.95. The van der Waals surface area contributed by atoms with Crippen molar-refractivity contribution in [3.63, 3.8) is 0 Å². The fourth-order valence-electron chi connectivity index (χ4n) is 5.54. The molecule has 1 aliphatic carbocycles. The van der Waals surface area contributed by atoms with Gasteiger partial charge in [0, 0.05) is 55.9 Å². The molecule has 8 nitrogen and oxygen atoms in total. The van der Waals surface area contributed by atoms with Crippen molar-refractivity contribution in [1.29, 1.82) is 5.26 Å². The molecule has 0 radical (unpaired) electrons. The summed E-state index contributed by atoms with van der Waals surface area (Å²) >= 11 is 0. The minimum atomic E-state index is 0.268. The van der Waals surface area contributed by atoms with Crippen LogP contribution in [0.4, 0.5) is 5.82 Å². The van der Waals surface area contributed by atoms with Gasteiger partial charge in [0.15, 0.2) is 0 Å². The smallest absolute Gasteiger partial charge is 0.143 e. The number of nitriles is 1. The van der Waals surface area contributed by atoms with Crippen LogP contribution in [-0.2, 0) is 7.05 Å². The Morgan fingerprint density at radius 1 is 1.14 bits per heavy atom. The standard InChI is InChI=1S/C21H24N8/c1-27-9-14(8-25-27)19-6-18-20(26-19)23-12-24-21(18)28-10-15-2-3-16(11-28)29(15)17-4-13(5-17)7-22/h6,8-9,12-13,15-17H,2-5,10-11H2,1H3,(H,23,24,26)/t13-,15?,16?,17-. The van der Waals surface area contributed by atoms with Gasteiger partial charge in [0.25, 0.3) is 0 Å². The Bertz CT molecular complexity index is 1090. The molecule has 1 saturated carbocycles. The number of piperazine rings is 1. The van der Waals surface area contributed by atoms with E-state index in [2.05, 4.69) is 42.0 Å². The molecule has 5 heterocycles. The number of nitrogens with zero attached hydrogens (tertiary/aromatic N) is 7. The normalized spacial score (nSPS) is 29.2. The molecule has 2 aliphatic heterocycles. The van der Waals surface area contributed by atoms with E-state index in [-0.39, 0.29) is 5.92 Å². The average molecular weight is 388 g/mol. The van der Waals surface area contributed by atoms with Crippen LogP contribution in [-0.4, -0.2) is 60.8 Å². The zero-order chi connectivity index (χ0) is 19.5. The van der Waals surface area contributed by atoms with Crippen molar-refractivity contribution in [2.45, 2.75) is 43.8 Å². The van der Waals surface area contributed by atoms with Crippen LogP contribution < -0.4 is 4.90 Å². The molecule has 29 heavy (non-hydrogen) atoms. The number of aryl methyl sites for hydroxylation is 1. The quantitative estimate of drug-likeness (QED) is 0.741. The third-order valence-corrected chi connectivity index (χ3v) is 6.98. The van der Waals surface area contributed by atoms with Gasteiger partial charge in [-0.3, -0.25) is 9.58 Å². The van der Waals surface area contributed by atoms with Crippen LogP contribution in [0.2, 0.25) is 0 Å². The minimum Gasteiger partial charge on any atom is -0.353 e. The predicted molar refractivity (Wildman–Crippen MR) is 109 cm³/mol. The predicted octanol–water partition coefficient (Wildman–Crippen LogP) is 2.31. The molecule has 3 aromatic heterocycles. The highest BCUT2D eigenvalue weighted by Gasteiger charge is 2.47. The third-order valence-electron chi connectivity index (χ3n) is 6.98. The fraction of sp³-hybridized carbons (Fsp3) is 0.524. The van der Waals surface area contributed by atoms with E-state index in [9.17, 15) is 0 Å². The number of aromatic nitrogens is 5. The van der Waals surface area contributed by atoms with Crippen LogP contribution >= 0.6 is 0 Å². The first kappa shape index (κ1) is 17.0. The SMILES string of the molecule is Cn1cc(-c2cc3c(N4CC5CCC(C4)N5[C@H]4C[C@H](C#N)C4)ncnc3[nH]2)cn1. The summed E-state index contributed by atoms with van der Waals surface area (Å²) < 4.78 is 1.81. The van der Waals surface area contributed by atoms with Gasteiger partial charge in [-0.25, -0.2) is 9.97 Å². The molecular weight excluding hydrogens is 364 g/mol. The molecule has 148 valence electrons. The second-order valence-electron chi connectivity index (χ2n) is 8.73. The maximum atomic E-state index is 9.13. The third kappa shape index (κ3) is 2.64. The van der Waals surface area contributed by atoms with Crippen molar-refractivity contribution in [2.24, 2.45) is 13.0 Å². The Morgan fingerprint density at radius 3 is 2.62 bits per heavy atom. The van der Waals surface area contributed by atoms with Gasteiger partial charge in [-0.2, -0.15) is 10.4 Å². The van der Waals surface area contributed by atoms with Gasteiger partial charge in [-0.15, -0.1) is 0 Å². The zero-order valence-corrected chi connectivity index (χ0v) is 16.5. The van der Waals surface area contributed by atoms with Gasteiger partial charge in [-0.05, 0) is 31.7 Å². The summed E-state index contributed by atoms with van der Waals surface area (Å²) in [5.74, 6) is 1.30. The van der Waals surface area contributed by atoms with Gasteiger partial charge in [-0.1, -0.05) is 0 Å². The molecule has 2 unspecified atom stereocenters. The van der Waals surface area contributed by atoms with E-state index in [1.54, 1.807) is 6.33 Å². The van der Waals surface area contributed by atoms with Crippen molar-refractivity contribution in [3.05, 3.63) is 24.8 Å². The largest absolute Gasteiger partial charge is 0.353 e. The highest BCUT2D eigenvalue weighted by Crippen LogP contribution is 2.42. The number of fused-ring (bicyclic) bond motifs is 3. The highest BCUT2D eigenvalue weighted by atomic mass is 15.4. The second-order valence-corrected chi connectivity index (χ2v) is 8.73. The Labute approximate surface area is 169 Å². The monoisotopic (exact) mass is 388 g/mol. The topological polar surface area (TPSA) is 89.7 Å². The van der Waals surface area contributed by atoms with Crippen LogP contribution in [0.15, 0.2) is 24.8 Å². The van der Waals surface area contributed by atoms with Gasteiger partial charge in [0.05, 0.1) is 23.3 Å². The van der Waals surface area contributed by atoms with Crippen molar-refractivity contribution in [2.75, 3.05) is 18.0 Å². The summed E-state index contributed by atoms with van der Waals surface area (Å²) in [6, 6.07) is 6.33. The first-order valence-corrected chi connectivity index (χ1v) is 10.4. The Balaban J connectivity index is 1.28. The van der Waals surface area contributed by atoms with Crippen LogP contribution in [0.1, 0.15) is 25.7 Å². The maximum Gasteiger partial charge on any atom is 0.143 e. The molecule has 0 spiro atoms. The molecule has 2 atom stereocenters. The first-order chi connectivity index (χ1) is 14.2. The van der Waals surface area contributed by atoms with Crippen LogP contribution in [0.3, 0.4) is 0 Å². The fourth-order valence-corrected chi connectivity index (χ4v) is 5.54. The average Bonchev–Trinajstić information content (AvgIpc) is 3.37. The number of anilines is 1. The van der Waals surface area contributed by atoms with E-state index in [4.69, 9.17) is 5.26 Å². The molecule has 3 aromatic rings. The molecule has 3 fully saturated rings. The molecule has 0 aromatic carbocycles. The van der Waals surface area contributed by atoms with Crippen molar-refractivity contribution in [3.8, 4) is 17.3 Å². The lowest BCUT2D eigenvalue weighted by molar-refractivity contribution is 0.0437. The lowest BCUT2D eigenvalue weighted by atomic mass is 9.79. The van der Waals surface area contributed by atoms with Gasteiger partial charge in [0.1, 0.15) is 17.8 Å². The van der Waals surface area contributed by atoms with E-state index in [0.29, 0.717) is 18.1 Å². The lowest BCUT2D eigenvalue weighted by Gasteiger charge is -2.49. The summed E-state index contributed by atoms with van der Waals surface area (Å²) in [5, 5.41) is 14.5. The first-order valence-electron chi connectivity index (χ1n) is 10.4.